The van der Waals surface area contributed by atoms with E-state index < -0.39 is 5.97 Å². The van der Waals surface area contributed by atoms with E-state index in [9.17, 15) is 4.79 Å². The minimum atomic E-state index is -0.863. The Morgan fingerprint density at radius 2 is 2.22 bits per heavy atom. The number of aliphatic carboxylic acids is 1. The van der Waals surface area contributed by atoms with E-state index in [0.29, 0.717) is 0 Å². The summed E-state index contributed by atoms with van der Waals surface area (Å²) in [5.41, 5.74) is 0. The zero-order valence-corrected chi connectivity index (χ0v) is 5.42. The van der Waals surface area contributed by atoms with Crippen LogP contribution in [0, 0.1) is 7.43 Å². The molecular formula is C7H10O2. The maximum Gasteiger partial charge on any atom is 0.327 e. The van der Waals surface area contributed by atoms with E-state index >= 15 is 0 Å². The van der Waals surface area contributed by atoms with E-state index in [0.717, 1.165) is 12.8 Å². The Morgan fingerprint density at radius 1 is 1.67 bits per heavy atom. The van der Waals surface area contributed by atoms with Gasteiger partial charge in [0.25, 0.3) is 0 Å². The molecule has 9 heavy (non-hydrogen) atoms. The van der Waals surface area contributed by atoms with Gasteiger partial charge in [0, 0.05) is 13.5 Å². The standard InChI is InChI=1S/C6H10O2.C/c1-2-3-4-5-6(7)8;/h4-5H,2-3H2,1H3,(H,7,8);. The molecule has 4 radical (unpaired) electrons. The molecule has 50 valence electrons. The zero-order chi connectivity index (χ0) is 6.41. The van der Waals surface area contributed by atoms with Gasteiger partial charge >= 0.3 is 5.97 Å². The molecule has 0 aliphatic carbocycles. The van der Waals surface area contributed by atoms with Gasteiger partial charge in [-0.15, -0.1) is 0 Å². The Balaban J connectivity index is 0. The molecule has 0 aliphatic heterocycles. The zero-order valence-electron chi connectivity index (χ0n) is 5.42. The van der Waals surface area contributed by atoms with Crippen molar-refractivity contribution in [2.45, 2.75) is 19.8 Å². The van der Waals surface area contributed by atoms with Crippen LogP contribution in [0.3, 0.4) is 0 Å². The van der Waals surface area contributed by atoms with Gasteiger partial charge in [-0.1, -0.05) is 19.4 Å². The smallest absolute Gasteiger partial charge is 0.327 e. The highest BCUT2D eigenvalue weighted by atomic mass is 16.4. The summed E-state index contributed by atoms with van der Waals surface area (Å²) in [6.07, 6.45) is 4.68. The first kappa shape index (κ1) is 11.1. The van der Waals surface area contributed by atoms with Gasteiger partial charge in [-0.05, 0) is 6.42 Å². The van der Waals surface area contributed by atoms with Gasteiger partial charge in [-0.3, -0.25) is 0 Å². The minimum absolute atomic E-state index is 0. The van der Waals surface area contributed by atoms with Crippen molar-refractivity contribution in [2.75, 3.05) is 0 Å². The van der Waals surface area contributed by atoms with E-state index in [1.165, 1.54) is 6.08 Å². The van der Waals surface area contributed by atoms with Gasteiger partial charge in [0.1, 0.15) is 0 Å². The van der Waals surface area contributed by atoms with Crippen molar-refractivity contribution < 1.29 is 9.90 Å². The third-order valence-electron chi connectivity index (χ3n) is 0.716. The summed E-state index contributed by atoms with van der Waals surface area (Å²) >= 11 is 0. The van der Waals surface area contributed by atoms with Crippen molar-refractivity contribution in [3.8, 4) is 0 Å². The number of hydrogen-bond acceptors (Lipinski definition) is 1. The van der Waals surface area contributed by atoms with Crippen LogP contribution in [0.5, 0.6) is 0 Å². The molecular weight excluding hydrogens is 116 g/mol. The van der Waals surface area contributed by atoms with E-state index in [2.05, 4.69) is 0 Å². The molecule has 1 N–H and O–H groups in total. The maximum atomic E-state index is 9.79. The van der Waals surface area contributed by atoms with Crippen molar-refractivity contribution in [1.82, 2.24) is 0 Å². The van der Waals surface area contributed by atoms with Crippen LogP contribution in [0.25, 0.3) is 0 Å². The molecule has 0 spiro atoms. The second kappa shape index (κ2) is 7.21. The lowest BCUT2D eigenvalue weighted by atomic mass is 10.3. The van der Waals surface area contributed by atoms with Crippen LogP contribution < -0.4 is 0 Å². The van der Waals surface area contributed by atoms with Gasteiger partial charge in [-0.2, -0.15) is 0 Å². The summed E-state index contributed by atoms with van der Waals surface area (Å²) in [6, 6.07) is 0. The molecule has 2 heteroatoms. The average molecular weight is 126 g/mol. The third-order valence-corrected chi connectivity index (χ3v) is 0.716. The normalized spacial score (nSPS) is 9.00. The van der Waals surface area contributed by atoms with Crippen molar-refractivity contribution in [3.63, 3.8) is 0 Å². The fourth-order valence-corrected chi connectivity index (χ4v) is 0.351. The highest BCUT2D eigenvalue weighted by molar-refractivity contribution is 5.79. The second-order valence-corrected chi connectivity index (χ2v) is 1.53. The number of hydrogen-bond donors (Lipinski definition) is 1. The van der Waals surface area contributed by atoms with Crippen LogP contribution in [-0.2, 0) is 4.79 Å². The predicted octanol–water partition coefficient (Wildman–Crippen LogP) is 1.51. The van der Waals surface area contributed by atoms with Crippen LogP contribution in [0.2, 0.25) is 0 Å². The molecule has 0 rings (SSSR count). The summed E-state index contributed by atoms with van der Waals surface area (Å²) in [7, 11) is 0. The number of rotatable bonds is 3. The monoisotopic (exact) mass is 126 g/mol. The van der Waals surface area contributed by atoms with Gasteiger partial charge in [-0.25, -0.2) is 4.79 Å². The van der Waals surface area contributed by atoms with Gasteiger partial charge in [0.2, 0.25) is 0 Å². The first-order valence-electron chi connectivity index (χ1n) is 2.67. The third kappa shape index (κ3) is 11.0. The lowest BCUT2D eigenvalue weighted by Gasteiger charge is -1.79. The van der Waals surface area contributed by atoms with Crippen LogP contribution >= 0.6 is 0 Å². The summed E-state index contributed by atoms with van der Waals surface area (Å²) in [5.74, 6) is -0.863. The van der Waals surface area contributed by atoms with Crippen LogP contribution in [0.1, 0.15) is 19.8 Å². The molecule has 0 fully saturated rings. The molecule has 0 amide bonds. The molecule has 0 aliphatic rings. The van der Waals surface area contributed by atoms with Crippen molar-refractivity contribution >= 4 is 5.97 Å². The Hall–Kier alpha value is -0.790. The van der Waals surface area contributed by atoms with Gasteiger partial charge < -0.3 is 5.11 Å². The fourth-order valence-electron chi connectivity index (χ4n) is 0.351. The maximum absolute atomic E-state index is 9.79. The summed E-state index contributed by atoms with van der Waals surface area (Å²) in [4.78, 5) is 9.79. The molecule has 0 aromatic carbocycles. The molecule has 0 heterocycles. The van der Waals surface area contributed by atoms with E-state index in [1.54, 1.807) is 6.08 Å². The minimum Gasteiger partial charge on any atom is -0.478 e. The molecule has 0 saturated carbocycles. The Morgan fingerprint density at radius 3 is 2.56 bits per heavy atom. The molecule has 2 nitrogen and oxygen atoms in total. The van der Waals surface area contributed by atoms with Crippen molar-refractivity contribution in [2.24, 2.45) is 0 Å². The van der Waals surface area contributed by atoms with Crippen LogP contribution in [0.4, 0.5) is 0 Å². The van der Waals surface area contributed by atoms with Crippen molar-refractivity contribution in [3.05, 3.63) is 19.6 Å². The Labute approximate surface area is 56.2 Å². The van der Waals surface area contributed by atoms with Crippen LogP contribution in [-0.4, -0.2) is 11.1 Å². The van der Waals surface area contributed by atoms with E-state index in [4.69, 9.17) is 5.11 Å². The first-order valence-corrected chi connectivity index (χ1v) is 2.67. The average Bonchev–Trinajstić information content (AvgIpc) is 1.66. The van der Waals surface area contributed by atoms with E-state index in [1.807, 2.05) is 6.92 Å². The summed E-state index contributed by atoms with van der Waals surface area (Å²) in [6.45, 7) is 2.01. The van der Waals surface area contributed by atoms with Crippen molar-refractivity contribution in [1.29, 1.82) is 0 Å². The first-order chi connectivity index (χ1) is 3.77. The number of carboxylic acids is 1. The Bertz CT molecular complexity index is 95.1. The largest absolute Gasteiger partial charge is 0.478 e. The highest BCUT2D eigenvalue weighted by Gasteiger charge is 1.81. The topological polar surface area (TPSA) is 37.3 Å². The number of allylic oxidation sites excluding steroid dienone is 1. The number of unbranched alkanes of at least 4 members (excludes halogenated alkanes) is 1. The SMILES string of the molecule is CCCC=CC(=O)O.[C]. The molecule has 0 unspecified atom stereocenters. The Kier molecular flexibility index (Phi) is 8.87. The number of carboxylic acid groups (broad SMARTS) is 1. The number of carbonyl (C=O) groups is 1. The highest BCUT2D eigenvalue weighted by Crippen LogP contribution is 1.86. The van der Waals surface area contributed by atoms with Crippen LogP contribution in [0.15, 0.2) is 12.2 Å². The molecule has 0 atom stereocenters. The quantitative estimate of drug-likeness (QED) is 0.582. The lowest BCUT2D eigenvalue weighted by molar-refractivity contribution is -0.131. The summed E-state index contributed by atoms with van der Waals surface area (Å²) in [5, 5.41) is 8.05. The molecule has 0 bridgehead atoms. The van der Waals surface area contributed by atoms with Gasteiger partial charge in [0.05, 0.1) is 0 Å². The fraction of sp³-hybridized carbons (Fsp3) is 0.429. The molecule has 0 aromatic rings. The molecule has 0 aromatic heterocycles. The predicted molar refractivity (Wildman–Crippen MR) is 34.9 cm³/mol. The van der Waals surface area contributed by atoms with Gasteiger partial charge in [0.15, 0.2) is 0 Å². The van der Waals surface area contributed by atoms with E-state index in [-0.39, 0.29) is 7.43 Å². The summed E-state index contributed by atoms with van der Waals surface area (Å²) < 4.78 is 0. The molecule has 0 saturated heterocycles. The lowest BCUT2D eigenvalue weighted by Crippen LogP contribution is -1.84. The second-order valence-electron chi connectivity index (χ2n) is 1.53.